The Kier molecular flexibility index (Phi) is 5.22. The topological polar surface area (TPSA) is 67.2 Å². The van der Waals surface area contributed by atoms with Gasteiger partial charge in [0, 0.05) is 30.6 Å². The number of aryl methyl sites for hydroxylation is 1. The highest BCUT2D eigenvalue weighted by atomic mass is 32.1. The molecule has 2 amide bonds. The first-order valence-electron chi connectivity index (χ1n) is 10.4. The molecule has 0 unspecified atom stereocenters. The number of thiophene rings is 1. The zero-order chi connectivity index (χ0) is 22.2. The molecule has 32 heavy (non-hydrogen) atoms. The van der Waals surface area contributed by atoms with Crippen molar-refractivity contribution in [3.63, 3.8) is 0 Å². The summed E-state index contributed by atoms with van der Waals surface area (Å²) in [6, 6.07) is 15.7. The number of halogens is 1. The lowest BCUT2D eigenvalue weighted by Gasteiger charge is -2.16. The summed E-state index contributed by atoms with van der Waals surface area (Å²) in [6.45, 7) is 3.05. The van der Waals surface area contributed by atoms with Crippen LogP contribution in [0.3, 0.4) is 0 Å². The first-order valence-corrected chi connectivity index (χ1v) is 11.2. The zero-order valence-electron chi connectivity index (χ0n) is 17.5. The van der Waals surface area contributed by atoms with Gasteiger partial charge in [0.2, 0.25) is 5.91 Å². The van der Waals surface area contributed by atoms with Crippen molar-refractivity contribution in [1.29, 1.82) is 0 Å². The molecular weight excluding hydrogens is 427 g/mol. The van der Waals surface area contributed by atoms with Gasteiger partial charge in [-0.25, -0.2) is 9.07 Å². The van der Waals surface area contributed by atoms with Crippen LogP contribution in [-0.4, -0.2) is 28.1 Å². The number of fused-ring (bicyclic) bond motifs is 1. The van der Waals surface area contributed by atoms with Crippen molar-refractivity contribution in [2.24, 2.45) is 0 Å². The van der Waals surface area contributed by atoms with Crippen molar-refractivity contribution in [2.75, 3.05) is 11.4 Å². The Morgan fingerprint density at radius 1 is 1.12 bits per heavy atom. The molecule has 1 aliphatic rings. The fourth-order valence-corrected chi connectivity index (χ4v) is 5.00. The van der Waals surface area contributed by atoms with Gasteiger partial charge >= 0.3 is 0 Å². The lowest BCUT2D eigenvalue weighted by Crippen LogP contribution is -2.24. The van der Waals surface area contributed by atoms with Gasteiger partial charge in [0.1, 0.15) is 10.6 Å². The van der Waals surface area contributed by atoms with Crippen LogP contribution in [0.25, 0.3) is 15.9 Å². The van der Waals surface area contributed by atoms with Gasteiger partial charge in [-0.05, 0) is 61.4 Å². The highest BCUT2D eigenvalue weighted by Crippen LogP contribution is 2.30. The molecule has 2 aromatic carbocycles. The smallest absolute Gasteiger partial charge is 0.261 e. The Morgan fingerprint density at radius 3 is 2.53 bits per heavy atom. The molecule has 2 aromatic heterocycles. The van der Waals surface area contributed by atoms with Crippen LogP contribution in [0.15, 0.2) is 54.6 Å². The summed E-state index contributed by atoms with van der Waals surface area (Å²) >= 11 is 1.36. The van der Waals surface area contributed by atoms with Crippen LogP contribution in [0.1, 0.15) is 33.8 Å². The van der Waals surface area contributed by atoms with Crippen LogP contribution in [-0.2, 0) is 11.3 Å². The predicted octanol–water partition coefficient (Wildman–Crippen LogP) is 4.59. The maximum absolute atomic E-state index is 13.3. The molecule has 5 rings (SSSR count). The molecule has 1 N–H and O–H groups in total. The minimum absolute atomic E-state index is 0.157. The average molecular weight is 449 g/mol. The van der Waals surface area contributed by atoms with Crippen molar-refractivity contribution in [1.82, 2.24) is 15.1 Å². The number of hydrogen-bond donors (Lipinski definition) is 1. The van der Waals surface area contributed by atoms with Crippen molar-refractivity contribution >= 4 is 39.1 Å². The number of nitrogens with zero attached hydrogens (tertiary/aromatic N) is 3. The Hall–Kier alpha value is -3.52. The van der Waals surface area contributed by atoms with E-state index in [1.165, 1.54) is 23.5 Å². The number of benzene rings is 2. The van der Waals surface area contributed by atoms with E-state index in [2.05, 4.69) is 10.4 Å². The van der Waals surface area contributed by atoms with E-state index < -0.39 is 0 Å². The Labute approximate surface area is 188 Å². The zero-order valence-corrected chi connectivity index (χ0v) is 18.3. The number of carbonyl (C=O) groups is 2. The van der Waals surface area contributed by atoms with E-state index in [4.69, 9.17) is 0 Å². The van der Waals surface area contributed by atoms with Crippen molar-refractivity contribution in [3.05, 3.63) is 76.5 Å². The monoisotopic (exact) mass is 448 g/mol. The predicted molar refractivity (Wildman–Crippen MR) is 123 cm³/mol. The fourth-order valence-electron chi connectivity index (χ4n) is 3.90. The average Bonchev–Trinajstić information content (AvgIpc) is 3.50. The second-order valence-corrected chi connectivity index (χ2v) is 8.83. The van der Waals surface area contributed by atoms with Gasteiger partial charge in [0.05, 0.1) is 16.3 Å². The lowest BCUT2D eigenvalue weighted by atomic mass is 10.2. The number of hydrogen-bond acceptors (Lipinski definition) is 4. The molecule has 3 heterocycles. The van der Waals surface area contributed by atoms with E-state index in [0.29, 0.717) is 17.8 Å². The van der Waals surface area contributed by atoms with Gasteiger partial charge < -0.3 is 10.2 Å². The first-order chi connectivity index (χ1) is 15.5. The van der Waals surface area contributed by atoms with E-state index in [9.17, 15) is 14.0 Å². The minimum atomic E-state index is -0.305. The number of aromatic nitrogens is 2. The van der Waals surface area contributed by atoms with Crippen LogP contribution in [0.2, 0.25) is 0 Å². The largest absolute Gasteiger partial charge is 0.347 e. The highest BCUT2D eigenvalue weighted by Gasteiger charge is 2.21. The van der Waals surface area contributed by atoms with Gasteiger partial charge in [-0.15, -0.1) is 11.3 Å². The molecule has 1 fully saturated rings. The maximum atomic E-state index is 13.3. The number of anilines is 1. The van der Waals surface area contributed by atoms with Gasteiger partial charge in [0.25, 0.3) is 5.91 Å². The maximum Gasteiger partial charge on any atom is 0.261 e. The summed E-state index contributed by atoms with van der Waals surface area (Å²) in [4.78, 5) is 27.9. The molecule has 162 valence electrons. The first kappa shape index (κ1) is 20.4. The standard InChI is InChI=1S/C24H21FN4O2S/c1-15-20-13-21(32-24(20)29(27-15)19-10-6-17(25)7-11-19)23(31)26-14-16-4-8-18(9-5-16)28-12-2-3-22(28)30/h4-11,13H,2-3,12,14H2,1H3,(H,26,31). The summed E-state index contributed by atoms with van der Waals surface area (Å²) in [5.41, 5.74) is 3.41. The fraction of sp³-hybridized carbons (Fsp3) is 0.208. The summed E-state index contributed by atoms with van der Waals surface area (Å²) in [6.07, 6.45) is 1.50. The van der Waals surface area contributed by atoms with Crippen LogP contribution in [0.4, 0.5) is 10.1 Å². The van der Waals surface area contributed by atoms with Crippen molar-refractivity contribution in [3.8, 4) is 5.69 Å². The molecule has 6 nitrogen and oxygen atoms in total. The molecule has 0 saturated carbocycles. The van der Waals surface area contributed by atoms with Gasteiger partial charge in [0.15, 0.2) is 0 Å². The summed E-state index contributed by atoms with van der Waals surface area (Å²) in [7, 11) is 0. The molecule has 0 aliphatic carbocycles. The van der Waals surface area contributed by atoms with Crippen LogP contribution >= 0.6 is 11.3 Å². The van der Waals surface area contributed by atoms with Crippen LogP contribution < -0.4 is 10.2 Å². The summed E-state index contributed by atoms with van der Waals surface area (Å²) < 4.78 is 15.0. The highest BCUT2D eigenvalue weighted by molar-refractivity contribution is 7.20. The third kappa shape index (κ3) is 3.78. The third-order valence-electron chi connectivity index (χ3n) is 5.61. The van der Waals surface area contributed by atoms with Crippen LogP contribution in [0.5, 0.6) is 0 Å². The van der Waals surface area contributed by atoms with Gasteiger partial charge in [-0.3, -0.25) is 9.59 Å². The summed E-state index contributed by atoms with van der Waals surface area (Å²) in [5.74, 6) is -0.305. The van der Waals surface area contributed by atoms with Gasteiger partial charge in [-0.1, -0.05) is 12.1 Å². The molecule has 0 spiro atoms. The molecular formula is C24H21FN4O2S. The SMILES string of the molecule is Cc1nn(-c2ccc(F)cc2)c2sc(C(=O)NCc3ccc(N4CCCC4=O)cc3)cc12. The third-order valence-corrected chi connectivity index (χ3v) is 6.72. The molecule has 4 aromatic rings. The molecule has 1 saturated heterocycles. The quantitative estimate of drug-likeness (QED) is 0.486. The van der Waals surface area contributed by atoms with Gasteiger partial charge in [-0.2, -0.15) is 5.10 Å². The second kappa shape index (κ2) is 8.20. The molecule has 0 bridgehead atoms. The number of rotatable bonds is 5. The van der Waals surface area contributed by atoms with E-state index in [-0.39, 0.29) is 17.6 Å². The summed E-state index contributed by atoms with van der Waals surface area (Å²) in [5, 5.41) is 8.40. The molecule has 0 atom stereocenters. The lowest BCUT2D eigenvalue weighted by molar-refractivity contribution is -0.117. The van der Waals surface area contributed by atoms with E-state index in [1.54, 1.807) is 21.7 Å². The minimum Gasteiger partial charge on any atom is -0.347 e. The van der Waals surface area contributed by atoms with E-state index in [0.717, 1.165) is 45.8 Å². The molecule has 8 heteroatoms. The normalized spacial score (nSPS) is 13.8. The van der Waals surface area contributed by atoms with Crippen molar-refractivity contribution in [2.45, 2.75) is 26.3 Å². The second-order valence-electron chi connectivity index (χ2n) is 7.80. The molecule has 1 aliphatic heterocycles. The number of carbonyl (C=O) groups excluding carboxylic acids is 2. The number of nitrogens with one attached hydrogen (secondary N) is 1. The molecule has 0 radical (unpaired) electrons. The van der Waals surface area contributed by atoms with Crippen molar-refractivity contribution < 1.29 is 14.0 Å². The Morgan fingerprint density at radius 2 is 1.84 bits per heavy atom. The Bertz CT molecular complexity index is 1310. The van der Waals surface area contributed by atoms with Crippen LogP contribution in [0, 0.1) is 12.7 Å². The van der Waals surface area contributed by atoms with E-state index in [1.807, 2.05) is 37.3 Å². The number of amides is 2. The van der Waals surface area contributed by atoms with E-state index >= 15 is 0 Å². The Balaban J connectivity index is 1.30.